The van der Waals surface area contributed by atoms with Gasteiger partial charge in [0.15, 0.2) is 5.82 Å². The summed E-state index contributed by atoms with van der Waals surface area (Å²) in [6.45, 7) is 4.36. The Labute approximate surface area is 99.1 Å². The first-order valence-electron chi connectivity index (χ1n) is 5.51. The number of urea groups is 1. The van der Waals surface area contributed by atoms with Crippen LogP contribution in [0.3, 0.4) is 0 Å². The van der Waals surface area contributed by atoms with Crippen LogP contribution in [0.15, 0.2) is 12.4 Å². The standard InChI is InChI=1S/C11H14N4O2/c1-7(2)8-5-12-6-9(13-8)15-4-3-10(16)14-11(15)17/h5-7H,3-4H2,1-2H3,(H,14,16,17). The van der Waals surface area contributed by atoms with E-state index in [1.165, 1.54) is 11.1 Å². The summed E-state index contributed by atoms with van der Waals surface area (Å²) >= 11 is 0. The van der Waals surface area contributed by atoms with Gasteiger partial charge in [-0.25, -0.2) is 9.78 Å². The van der Waals surface area contributed by atoms with Crippen molar-refractivity contribution in [1.82, 2.24) is 15.3 Å². The molecule has 0 aliphatic carbocycles. The summed E-state index contributed by atoms with van der Waals surface area (Å²) in [7, 11) is 0. The molecule has 0 radical (unpaired) electrons. The lowest BCUT2D eigenvalue weighted by molar-refractivity contribution is -0.120. The summed E-state index contributed by atoms with van der Waals surface area (Å²) in [4.78, 5) is 32.5. The highest BCUT2D eigenvalue weighted by Gasteiger charge is 2.25. The highest BCUT2D eigenvalue weighted by Crippen LogP contribution is 2.17. The Kier molecular flexibility index (Phi) is 3.03. The minimum Gasteiger partial charge on any atom is -0.278 e. The number of imide groups is 1. The van der Waals surface area contributed by atoms with Crippen LogP contribution in [0.1, 0.15) is 31.9 Å². The Morgan fingerprint density at radius 2 is 2.12 bits per heavy atom. The van der Waals surface area contributed by atoms with Gasteiger partial charge in [0.05, 0.1) is 11.9 Å². The van der Waals surface area contributed by atoms with Crippen molar-refractivity contribution in [3.63, 3.8) is 0 Å². The van der Waals surface area contributed by atoms with Crippen LogP contribution in [0.2, 0.25) is 0 Å². The number of anilines is 1. The second-order valence-corrected chi connectivity index (χ2v) is 4.21. The Balaban J connectivity index is 2.25. The van der Waals surface area contributed by atoms with Gasteiger partial charge < -0.3 is 0 Å². The van der Waals surface area contributed by atoms with E-state index >= 15 is 0 Å². The smallest absolute Gasteiger partial charge is 0.278 e. The molecule has 90 valence electrons. The topological polar surface area (TPSA) is 75.2 Å². The van der Waals surface area contributed by atoms with Gasteiger partial charge >= 0.3 is 6.03 Å². The minimum atomic E-state index is -0.434. The number of aromatic nitrogens is 2. The van der Waals surface area contributed by atoms with Crippen LogP contribution in [-0.2, 0) is 4.79 Å². The molecule has 2 heterocycles. The normalized spacial score (nSPS) is 16.3. The van der Waals surface area contributed by atoms with Crippen molar-refractivity contribution in [1.29, 1.82) is 0 Å². The van der Waals surface area contributed by atoms with Gasteiger partial charge in [-0.05, 0) is 5.92 Å². The molecule has 0 aromatic carbocycles. The molecule has 0 spiro atoms. The zero-order valence-electron chi connectivity index (χ0n) is 9.80. The lowest BCUT2D eigenvalue weighted by Gasteiger charge is -2.25. The molecule has 6 nitrogen and oxygen atoms in total. The summed E-state index contributed by atoms with van der Waals surface area (Å²) in [5.41, 5.74) is 0.826. The van der Waals surface area contributed by atoms with Gasteiger partial charge in [0, 0.05) is 19.2 Å². The SMILES string of the molecule is CC(C)c1cncc(N2CCC(=O)NC2=O)n1. The second-order valence-electron chi connectivity index (χ2n) is 4.21. The van der Waals surface area contributed by atoms with E-state index in [4.69, 9.17) is 0 Å². The van der Waals surface area contributed by atoms with Crippen molar-refractivity contribution in [2.45, 2.75) is 26.2 Å². The molecule has 0 bridgehead atoms. The molecule has 0 atom stereocenters. The Morgan fingerprint density at radius 3 is 2.76 bits per heavy atom. The van der Waals surface area contributed by atoms with Gasteiger partial charge in [-0.15, -0.1) is 0 Å². The average Bonchev–Trinajstić information content (AvgIpc) is 2.29. The van der Waals surface area contributed by atoms with Crippen molar-refractivity contribution in [3.05, 3.63) is 18.1 Å². The fourth-order valence-electron chi connectivity index (χ4n) is 1.56. The quantitative estimate of drug-likeness (QED) is 0.829. The summed E-state index contributed by atoms with van der Waals surface area (Å²) in [6, 6.07) is -0.434. The number of hydrogen-bond acceptors (Lipinski definition) is 4. The zero-order chi connectivity index (χ0) is 12.4. The van der Waals surface area contributed by atoms with Gasteiger partial charge in [0.25, 0.3) is 0 Å². The predicted molar refractivity (Wildman–Crippen MR) is 61.6 cm³/mol. The van der Waals surface area contributed by atoms with E-state index in [1.807, 2.05) is 13.8 Å². The molecular weight excluding hydrogens is 220 g/mol. The minimum absolute atomic E-state index is 0.247. The maximum absolute atomic E-state index is 11.6. The van der Waals surface area contributed by atoms with E-state index in [9.17, 15) is 9.59 Å². The Bertz CT molecular complexity index is 459. The first kappa shape index (κ1) is 11.5. The lowest BCUT2D eigenvalue weighted by atomic mass is 10.1. The van der Waals surface area contributed by atoms with Gasteiger partial charge in [-0.3, -0.25) is 20.0 Å². The van der Waals surface area contributed by atoms with Gasteiger partial charge in [0.2, 0.25) is 5.91 Å². The third-order valence-electron chi connectivity index (χ3n) is 2.56. The lowest BCUT2D eigenvalue weighted by Crippen LogP contribution is -2.50. The van der Waals surface area contributed by atoms with Gasteiger partial charge in [-0.1, -0.05) is 13.8 Å². The number of carbonyl (C=O) groups is 2. The van der Waals surface area contributed by atoms with E-state index < -0.39 is 6.03 Å². The van der Waals surface area contributed by atoms with Crippen LogP contribution >= 0.6 is 0 Å². The molecule has 1 aliphatic rings. The highest BCUT2D eigenvalue weighted by atomic mass is 16.2. The molecule has 3 amide bonds. The third-order valence-corrected chi connectivity index (χ3v) is 2.56. The molecule has 1 aliphatic heterocycles. The van der Waals surface area contributed by atoms with Crippen molar-refractivity contribution in [2.24, 2.45) is 0 Å². The maximum atomic E-state index is 11.6. The predicted octanol–water partition coefficient (Wildman–Crippen LogP) is 1.05. The molecule has 6 heteroatoms. The molecule has 1 N–H and O–H groups in total. The van der Waals surface area contributed by atoms with Gasteiger partial charge in [-0.2, -0.15) is 0 Å². The van der Waals surface area contributed by atoms with E-state index in [2.05, 4.69) is 15.3 Å². The van der Waals surface area contributed by atoms with E-state index in [0.717, 1.165) is 5.69 Å². The molecule has 1 fully saturated rings. The Morgan fingerprint density at radius 1 is 1.35 bits per heavy atom. The highest BCUT2D eigenvalue weighted by molar-refractivity contribution is 6.05. The number of nitrogens with one attached hydrogen (secondary N) is 1. The van der Waals surface area contributed by atoms with Crippen LogP contribution in [0.5, 0.6) is 0 Å². The largest absolute Gasteiger partial charge is 0.329 e. The van der Waals surface area contributed by atoms with Crippen LogP contribution < -0.4 is 10.2 Å². The van der Waals surface area contributed by atoms with Crippen molar-refractivity contribution in [3.8, 4) is 0 Å². The first-order chi connectivity index (χ1) is 8.08. The molecular formula is C11H14N4O2. The van der Waals surface area contributed by atoms with Crippen LogP contribution in [-0.4, -0.2) is 28.5 Å². The summed E-state index contributed by atoms with van der Waals surface area (Å²) in [5, 5.41) is 2.26. The number of amides is 3. The summed E-state index contributed by atoms with van der Waals surface area (Å²) in [6.07, 6.45) is 3.50. The van der Waals surface area contributed by atoms with Crippen molar-refractivity contribution in [2.75, 3.05) is 11.4 Å². The molecule has 17 heavy (non-hydrogen) atoms. The summed E-state index contributed by atoms with van der Waals surface area (Å²) < 4.78 is 0. The second kappa shape index (κ2) is 4.48. The molecule has 1 aromatic heterocycles. The summed E-state index contributed by atoms with van der Waals surface area (Å²) in [5.74, 6) is 0.484. The fourth-order valence-corrected chi connectivity index (χ4v) is 1.56. The van der Waals surface area contributed by atoms with Crippen molar-refractivity contribution >= 4 is 17.8 Å². The van der Waals surface area contributed by atoms with Gasteiger partial charge in [0.1, 0.15) is 0 Å². The van der Waals surface area contributed by atoms with E-state index in [0.29, 0.717) is 18.8 Å². The molecule has 2 rings (SSSR count). The molecule has 1 saturated heterocycles. The molecule has 0 unspecified atom stereocenters. The monoisotopic (exact) mass is 234 g/mol. The first-order valence-corrected chi connectivity index (χ1v) is 5.51. The zero-order valence-corrected chi connectivity index (χ0v) is 9.80. The van der Waals surface area contributed by atoms with Crippen LogP contribution in [0.4, 0.5) is 10.6 Å². The third kappa shape index (κ3) is 2.41. The molecule has 1 aromatic rings. The number of hydrogen-bond donors (Lipinski definition) is 1. The van der Waals surface area contributed by atoms with E-state index in [1.54, 1.807) is 6.20 Å². The van der Waals surface area contributed by atoms with Crippen molar-refractivity contribution < 1.29 is 9.59 Å². The Hall–Kier alpha value is -1.98. The fraction of sp³-hybridized carbons (Fsp3) is 0.455. The number of nitrogens with zero attached hydrogens (tertiary/aromatic N) is 3. The average molecular weight is 234 g/mol. The number of carbonyl (C=O) groups excluding carboxylic acids is 2. The molecule has 0 saturated carbocycles. The van der Waals surface area contributed by atoms with Crippen LogP contribution in [0, 0.1) is 0 Å². The van der Waals surface area contributed by atoms with E-state index in [-0.39, 0.29) is 11.8 Å². The van der Waals surface area contributed by atoms with Crippen LogP contribution in [0.25, 0.3) is 0 Å². The number of rotatable bonds is 2. The maximum Gasteiger partial charge on any atom is 0.329 e.